The van der Waals surface area contributed by atoms with Crippen LogP contribution in [0.15, 0.2) is 22.7 Å². The highest BCUT2D eigenvalue weighted by Crippen LogP contribution is 2.30. The van der Waals surface area contributed by atoms with Gasteiger partial charge in [0.2, 0.25) is 5.91 Å². The van der Waals surface area contributed by atoms with Crippen LogP contribution in [0.1, 0.15) is 19.3 Å². The maximum Gasteiger partial charge on any atom is 0.227 e. The summed E-state index contributed by atoms with van der Waals surface area (Å²) in [6, 6.07) is 6.06. The van der Waals surface area contributed by atoms with E-state index >= 15 is 0 Å². The SMILES string of the molecule is CN(C)c1ccc(Br)cc1NC(=O)C1CCC(N)C1. The summed E-state index contributed by atoms with van der Waals surface area (Å²) in [5.74, 6) is 0.123. The molecule has 1 aliphatic carbocycles. The van der Waals surface area contributed by atoms with Gasteiger partial charge in [-0.15, -0.1) is 0 Å². The summed E-state index contributed by atoms with van der Waals surface area (Å²) < 4.78 is 0.955. The van der Waals surface area contributed by atoms with Gasteiger partial charge in [-0.1, -0.05) is 15.9 Å². The number of benzene rings is 1. The molecule has 0 saturated heterocycles. The Morgan fingerprint density at radius 2 is 2.16 bits per heavy atom. The van der Waals surface area contributed by atoms with Gasteiger partial charge in [-0.25, -0.2) is 0 Å². The van der Waals surface area contributed by atoms with E-state index in [4.69, 9.17) is 5.73 Å². The van der Waals surface area contributed by atoms with E-state index in [0.717, 1.165) is 35.1 Å². The number of hydrogen-bond acceptors (Lipinski definition) is 3. The van der Waals surface area contributed by atoms with Crippen molar-refractivity contribution in [2.24, 2.45) is 11.7 Å². The zero-order chi connectivity index (χ0) is 14.0. The molecule has 4 nitrogen and oxygen atoms in total. The molecule has 1 saturated carbocycles. The molecule has 2 rings (SSSR count). The number of nitrogens with two attached hydrogens (primary N) is 1. The first-order valence-corrected chi connectivity index (χ1v) is 7.30. The predicted molar refractivity (Wildman–Crippen MR) is 82.4 cm³/mol. The van der Waals surface area contributed by atoms with Gasteiger partial charge in [0, 0.05) is 30.5 Å². The van der Waals surface area contributed by atoms with Crippen molar-refractivity contribution in [2.45, 2.75) is 25.3 Å². The van der Waals surface area contributed by atoms with E-state index in [9.17, 15) is 4.79 Å². The van der Waals surface area contributed by atoms with Crippen LogP contribution in [0.5, 0.6) is 0 Å². The molecule has 104 valence electrons. The van der Waals surface area contributed by atoms with Gasteiger partial charge in [-0.3, -0.25) is 4.79 Å². The molecule has 1 amide bonds. The van der Waals surface area contributed by atoms with Gasteiger partial charge in [0.05, 0.1) is 11.4 Å². The van der Waals surface area contributed by atoms with Gasteiger partial charge in [0.25, 0.3) is 0 Å². The molecule has 0 radical (unpaired) electrons. The van der Waals surface area contributed by atoms with E-state index in [-0.39, 0.29) is 17.9 Å². The maximum atomic E-state index is 12.2. The Labute approximate surface area is 122 Å². The topological polar surface area (TPSA) is 58.4 Å². The van der Waals surface area contributed by atoms with Crippen LogP contribution in [-0.4, -0.2) is 26.0 Å². The van der Waals surface area contributed by atoms with E-state index in [0.29, 0.717) is 0 Å². The Morgan fingerprint density at radius 1 is 1.42 bits per heavy atom. The maximum absolute atomic E-state index is 12.2. The van der Waals surface area contributed by atoms with Crippen molar-refractivity contribution in [1.29, 1.82) is 0 Å². The van der Waals surface area contributed by atoms with Gasteiger partial charge in [0.15, 0.2) is 0 Å². The summed E-state index contributed by atoms with van der Waals surface area (Å²) in [6.07, 6.45) is 2.62. The number of anilines is 2. The molecular formula is C14H20BrN3O. The third-order valence-electron chi connectivity index (χ3n) is 3.54. The largest absolute Gasteiger partial charge is 0.376 e. The lowest BCUT2D eigenvalue weighted by Crippen LogP contribution is -2.24. The third kappa shape index (κ3) is 3.48. The smallest absolute Gasteiger partial charge is 0.227 e. The quantitative estimate of drug-likeness (QED) is 0.898. The second-order valence-corrected chi connectivity index (χ2v) is 6.23. The molecular weight excluding hydrogens is 306 g/mol. The molecule has 5 heteroatoms. The van der Waals surface area contributed by atoms with E-state index in [1.807, 2.05) is 37.2 Å². The molecule has 2 atom stereocenters. The summed E-state index contributed by atoms with van der Waals surface area (Å²) in [7, 11) is 3.93. The second-order valence-electron chi connectivity index (χ2n) is 5.32. The van der Waals surface area contributed by atoms with E-state index in [2.05, 4.69) is 21.2 Å². The van der Waals surface area contributed by atoms with Crippen molar-refractivity contribution >= 4 is 33.2 Å². The summed E-state index contributed by atoms with van der Waals surface area (Å²) in [6.45, 7) is 0. The molecule has 0 bridgehead atoms. The molecule has 1 fully saturated rings. The van der Waals surface area contributed by atoms with Crippen molar-refractivity contribution in [1.82, 2.24) is 0 Å². The minimum atomic E-state index is 0.0454. The number of carbonyl (C=O) groups excluding carboxylic acids is 1. The molecule has 0 spiro atoms. The number of rotatable bonds is 3. The Bertz CT molecular complexity index is 476. The van der Waals surface area contributed by atoms with Gasteiger partial charge in [0.1, 0.15) is 0 Å². The molecule has 0 heterocycles. The molecule has 1 aromatic carbocycles. The van der Waals surface area contributed by atoms with Crippen molar-refractivity contribution in [2.75, 3.05) is 24.3 Å². The van der Waals surface area contributed by atoms with Gasteiger partial charge < -0.3 is 16.0 Å². The molecule has 19 heavy (non-hydrogen) atoms. The average Bonchev–Trinajstić information content (AvgIpc) is 2.75. The molecule has 0 aliphatic heterocycles. The molecule has 3 N–H and O–H groups in total. The zero-order valence-corrected chi connectivity index (χ0v) is 12.9. The molecule has 0 aromatic heterocycles. The molecule has 1 aromatic rings. The Hall–Kier alpha value is -1.07. The van der Waals surface area contributed by atoms with Crippen LogP contribution in [0.2, 0.25) is 0 Å². The monoisotopic (exact) mass is 325 g/mol. The van der Waals surface area contributed by atoms with E-state index < -0.39 is 0 Å². The summed E-state index contributed by atoms with van der Waals surface area (Å²) in [5.41, 5.74) is 7.70. The van der Waals surface area contributed by atoms with Gasteiger partial charge in [-0.05, 0) is 37.5 Å². The Morgan fingerprint density at radius 3 is 2.74 bits per heavy atom. The first kappa shape index (κ1) is 14.3. The van der Waals surface area contributed by atoms with Crippen LogP contribution in [0.3, 0.4) is 0 Å². The highest BCUT2D eigenvalue weighted by atomic mass is 79.9. The van der Waals surface area contributed by atoms with Crippen molar-refractivity contribution in [3.63, 3.8) is 0 Å². The van der Waals surface area contributed by atoms with Crippen LogP contribution in [0.25, 0.3) is 0 Å². The first-order chi connectivity index (χ1) is 8.97. The minimum Gasteiger partial charge on any atom is -0.376 e. The first-order valence-electron chi connectivity index (χ1n) is 6.50. The lowest BCUT2D eigenvalue weighted by Gasteiger charge is -2.19. The summed E-state index contributed by atoms with van der Waals surface area (Å²) in [5, 5.41) is 3.03. The molecule has 1 aliphatic rings. The van der Waals surface area contributed by atoms with E-state index in [1.54, 1.807) is 0 Å². The average molecular weight is 326 g/mol. The van der Waals surface area contributed by atoms with Gasteiger partial charge >= 0.3 is 0 Å². The number of halogens is 1. The van der Waals surface area contributed by atoms with Crippen LogP contribution in [0.4, 0.5) is 11.4 Å². The normalized spacial score (nSPS) is 22.3. The zero-order valence-electron chi connectivity index (χ0n) is 11.3. The third-order valence-corrected chi connectivity index (χ3v) is 4.04. The highest BCUT2D eigenvalue weighted by Gasteiger charge is 2.28. The lowest BCUT2D eigenvalue weighted by atomic mass is 10.1. The number of carbonyl (C=O) groups is 1. The van der Waals surface area contributed by atoms with E-state index in [1.165, 1.54) is 0 Å². The fraction of sp³-hybridized carbons (Fsp3) is 0.500. The predicted octanol–water partition coefficient (Wildman–Crippen LogP) is 2.58. The number of nitrogens with one attached hydrogen (secondary N) is 1. The molecule has 2 unspecified atom stereocenters. The number of nitrogens with zero attached hydrogens (tertiary/aromatic N) is 1. The van der Waals surface area contributed by atoms with Crippen molar-refractivity contribution < 1.29 is 4.79 Å². The lowest BCUT2D eigenvalue weighted by molar-refractivity contribution is -0.119. The van der Waals surface area contributed by atoms with Crippen LogP contribution in [-0.2, 0) is 4.79 Å². The Balaban J connectivity index is 2.14. The fourth-order valence-corrected chi connectivity index (χ4v) is 2.85. The van der Waals surface area contributed by atoms with Crippen molar-refractivity contribution in [3.05, 3.63) is 22.7 Å². The second kappa shape index (κ2) is 5.92. The highest BCUT2D eigenvalue weighted by molar-refractivity contribution is 9.10. The number of amides is 1. The summed E-state index contributed by atoms with van der Waals surface area (Å²) in [4.78, 5) is 14.2. The van der Waals surface area contributed by atoms with Crippen molar-refractivity contribution in [3.8, 4) is 0 Å². The fourth-order valence-electron chi connectivity index (χ4n) is 2.49. The van der Waals surface area contributed by atoms with Crippen LogP contribution >= 0.6 is 15.9 Å². The number of hydrogen-bond donors (Lipinski definition) is 2. The van der Waals surface area contributed by atoms with Gasteiger partial charge in [-0.2, -0.15) is 0 Å². The summed E-state index contributed by atoms with van der Waals surface area (Å²) >= 11 is 3.44. The van der Waals surface area contributed by atoms with Crippen LogP contribution < -0.4 is 16.0 Å². The van der Waals surface area contributed by atoms with Crippen LogP contribution in [0, 0.1) is 5.92 Å². The Kier molecular flexibility index (Phi) is 4.47. The minimum absolute atomic E-state index is 0.0454. The standard InChI is InChI=1S/C14H20BrN3O/c1-18(2)13-6-4-10(15)8-12(13)17-14(19)9-3-5-11(16)7-9/h4,6,8-9,11H,3,5,7,16H2,1-2H3,(H,17,19).